The van der Waals surface area contributed by atoms with Crippen molar-refractivity contribution in [1.29, 1.82) is 0 Å². The van der Waals surface area contributed by atoms with Crippen molar-refractivity contribution in [3.05, 3.63) is 138 Å². The van der Waals surface area contributed by atoms with Gasteiger partial charge in [-0.1, -0.05) is 97.1 Å². The van der Waals surface area contributed by atoms with Gasteiger partial charge in [-0.25, -0.2) is 0 Å². The molecule has 0 N–H and O–H groups in total. The number of hydrogen-bond acceptors (Lipinski definition) is 1. The second-order valence-electron chi connectivity index (χ2n) is 9.02. The van der Waals surface area contributed by atoms with Crippen molar-refractivity contribution in [3.63, 3.8) is 0 Å². The molecule has 0 amide bonds. The molecule has 0 aliphatic heterocycles. The molecule has 34 heavy (non-hydrogen) atoms. The van der Waals surface area contributed by atoms with Crippen molar-refractivity contribution >= 4 is 27.6 Å². The average molecular weight is 435 g/mol. The number of hydrogen-bond donors (Lipinski definition) is 0. The molecule has 6 aromatic rings. The van der Waals surface area contributed by atoms with Crippen LogP contribution >= 0.6 is 0 Å². The van der Waals surface area contributed by atoms with Gasteiger partial charge in [0.1, 0.15) is 5.76 Å². The summed E-state index contributed by atoms with van der Waals surface area (Å²) in [5, 5.41) is 4.99. The van der Waals surface area contributed by atoms with Crippen LogP contribution in [0.2, 0.25) is 0 Å². The summed E-state index contributed by atoms with van der Waals surface area (Å²) in [4.78, 5) is 0. The van der Waals surface area contributed by atoms with Crippen LogP contribution in [0.1, 0.15) is 22.6 Å². The number of fused-ring (bicyclic) bond motifs is 3. The molecule has 1 aromatic heterocycles. The van der Waals surface area contributed by atoms with E-state index < -0.39 is 0 Å². The zero-order chi connectivity index (χ0) is 22.5. The fourth-order valence-electron chi connectivity index (χ4n) is 5.27. The van der Waals surface area contributed by atoms with Gasteiger partial charge in [-0.2, -0.15) is 0 Å². The third kappa shape index (κ3) is 3.09. The molecular formula is C33H22O. The summed E-state index contributed by atoms with van der Waals surface area (Å²) >= 11 is 0. The van der Waals surface area contributed by atoms with Gasteiger partial charge >= 0.3 is 0 Å². The van der Waals surface area contributed by atoms with Crippen molar-refractivity contribution < 1.29 is 4.42 Å². The standard InChI is InChI=1S/C33H22O/c1-2-6-22(7-3-1)32-16-17-34-33(32)27-13-11-25-18-24-10-12-26(19-28(24)21-29(25)20-27)31-15-14-23-8-4-5-9-30(23)31/h1-21,31H. The summed E-state index contributed by atoms with van der Waals surface area (Å²) in [6.07, 6.45) is 6.33. The molecule has 5 aromatic carbocycles. The first-order valence-electron chi connectivity index (χ1n) is 11.7. The zero-order valence-corrected chi connectivity index (χ0v) is 18.6. The van der Waals surface area contributed by atoms with Crippen LogP contribution in [0.5, 0.6) is 0 Å². The van der Waals surface area contributed by atoms with Gasteiger partial charge in [-0.3, -0.25) is 0 Å². The molecule has 1 aliphatic rings. The van der Waals surface area contributed by atoms with E-state index in [0.717, 1.165) is 16.9 Å². The number of rotatable bonds is 3. The predicted molar refractivity (Wildman–Crippen MR) is 142 cm³/mol. The Morgan fingerprint density at radius 2 is 1.32 bits per heavy atom. The van der Waals surface area contributed by atoms with Gasteiger partial charge in [-0.05, 0) is 68.1 Å². The molecule has 0 bridgehead atoms. The van der Waals surface area contributed by atoms with Crippen LogP contribution in [-0.2, 0) is 0 Å². The quantitative estimate of drug-likeness (QED) is 0.253. The average Bonchev–Trinajstić information content (AvgIpc) is 3.55. The molecule has 0 saturated carbocycles. The molecule has 0 saturated heterocycles. The fourth-order valence-corrected chi connectivity index (χ4v) is 5.27. The highest BCUT2D eigenvalue weighted by molar-refractivity contribution is 6.00. The topological polar surface area (TPSA) is 13.1 Å². The summed E-state index contributed by atoms with van der Waals surface area (Å²) in [6.45, 7) is 0. The van der Waals surface area contributed by atoms with Crippen LogP contribution in [0.25, 0.3) is 50.1 Å². The second-order valence-corrected chi connectivity index (χ2v) is 9.02. The highest BCUT2D eigenvalue weighted by atomic mass is 16.3. The lowest BCUT2D eigenvalue weighted by molar-refractivity contribution is 0.583. The van der Waals surface area contributed by atoms with E-state index in [0.29, 0.717) is 5.92 Å². The van der Waals surface area contributed by atoms with E-state index >= 15 is 0 Å². The lowest BCUT2D eigenvalue weighted by Gasteiger charge is -2.13. The Labute approximate surface area is 198 Å². The molecule has 0 fully saturated rings. The van der Waals surface area contributed by atoms with Crippen LogP contribution in [-0.4, -0.2) is 0 Å². The predicted octanol–water partition coefficient (Wildman–Crippen LogP) is 9.08. The summed E-state index contributed by atoms with van der Waals surface area (Å²) < 4.78 is 5.95. The van der Waals surface area contributed by atoms with Gasteiger partial charge in [0.25, 0.3) is 0 Å². The van der Waals surface area contributed by atoms with Crippen LogP contribution in [0.4, 0.5) is 0 Å². The van der Waals surface area contributed by atoms with Crippen molar-refractivity contribution in [2.75, 3.05) is 0 Å². The Morgan fingerprint density at radius 3 is 2.24 bits per heavy atom. The van der Waals surface area contributed by atoms with Gasteiger partial charge in [0.05, 0.1) is 6.26 Å². The first kappa shape index (κ1) is 19.1. The van der Waals surface area contributed by atoms with Gasteiger partial charge in [-0.15, -0.1) is 0 Å². The van der Waals surface area contributed by atoms with Crippen LogP contribution < -0.4 is 0 Å². The normalized spacial score (nSPS) is 14.6. The van der Waals surface area contributed by atoms with Gasteiger partial charge in [0.15, 0.2) is 0 Å². The molecule has 1 heteroatoms. The summed E-state index contributed by atoms with van der Waals surface area (Å²) in [7, 11) is 0. The lowest BCUT2D eigenvalue weighted by Crippen LogP contribution is -1.95. The van der Waals surface area contributed by atoms with E-state index in [9.17, 15) is 0 Å². The minimum Gasteiger partial charge on any atom is -0.464 e. The molecular weight excluding hydrogens is 412 g/mol. The smallest absolute Gasteiger partial charge is 0.141 e. The third-order valence-corrected chi connectivity index (χ3v) is 6.99. The molecule has 1 unspecified atom stereocenters. The Balaban J connectivity index is 1.33. The number of allylic oxidation sites excluding steroid dienone is 1. The van der Waals surface area contributed by atoms with E-state index in [-0.39, 0.29) is 0 Å². The third-order valence-electron chi connectivity index (χ3n) is 6.99. The van der Waals surface area contributed by atoms with Gasteiger partial charge in [0, 0.05) is 17.0 Å². The van der Waals surface area contributed by atoms with Crippen LogP contribution in [0, 0.1) is 0 Å². The van der Waals surface area contributed by atoms with Gasteiger partial charge < -0.3 is 4.42 Å². The summed E-state index contributed by atoms with van der Waals surface area (Å²) in [5.74, 6) is 1.23. The van der Waals surface area contributed by atoms with E-state index in [1.165, 1.54) is 43.8 Å². The van der Waals surface area contributed by atoms with E-state index in [2.05, 4.69) is 115 Å². The number of benzene rings is 5. The maximum absolute atomic E-state index is 5.95. The minimum absolute atomic E-state index is 0.319. The summed E-state index contributed by atoms with van der Waals surface area (Å²) in [5.41, 5.74) is 7.43. The second kappa shape index (κ2) is 7.60. The molecule has 1 heterocycles. The van der Waals surface area contributed by atoms with E-state index in [1.54, 1.807) is 6.26 Å². The maximum Gasteiger partial charge on any atom is 0.141 e. The van der Waals surface area contributed by atoms with E-state index in [4.69, 9.17) is 4.42 Å². The Hall–Kier alpha value is -4.36. The largest absolute Gasteiger partial charge is 0.464 e. The van der Waals surface area contributed by atoms with Gasteiger partial charge in [0.2, 0.25) is 0 Å². The minimum atomic E-state index is 0.319. The number of furan rings is 1. The molecule has 0 radical (unpaired) electrons. The first-order chi connectivity index (χ1) is 16.8. The Bertz CT molecular complexity index is 1700. The van der Waals surface area contributed by atoms with Crippen molar-refractivity contribution in [1.82, 2.24) is 0 Å². The monoisotopic (exact) mass is 434 g/mol. The van der Waals surface area contributed by atoms with Crippen LogP contribution in [0.3, 0.4) is 0 Å². The van der Waals surface area contributed by atoms with Crippen LogP contribution in [0.15, 0.2) is 126 Å². The SMILES string of the molecule is C1=CC(c2ccc3cc4ccc(-c5occc5-c5ccccc5)cc4cc3c2)c2ccccc21. The highest BCUT2D eigenvalue weighted by Crippen LogP contribution is 2.38. The van der Waals surface area contributed by atoms with Crippen molar-refractivity contribution in [2.45, 2.75) is 5.92 Å². The zero-order valence-electron chi connectivity index (χ0n) is 18.6. The Morgan fingerprint density at radius 1 is 0.559 bits per heavy atom. The molecule has 1 atom stereocenters. The molecule has 1 nitrogen and oxygen atoms in total. The summed E-state index contributed by atoms with van der Waals surface area (Å²) in [6, 6.07) is 39.2. The first-order valence-corrected chi connectivity index (χ1v) is 11.7. The van der Waals surface area contributed by atoms with Crippen molar-refractivity contribution in [2.24, 2.45) is 0 Å². The van der Waals surface area contributed by atoms with E-state index in [1.807, 2.05) is 6.07 Å². The Kier molecular flexibility index (Phi) is 4.28. The maximum atomic E-state index is 5.95. The molecule has 0 spiro atoms. The van der Waals surface area contributed by atoms with Crippen molar-refractivity contribution in [3.8, 4) is 22.5 Å². The lowest BCUT2D eigenvalue weighted by atomic mass is 9.91. The molecule has 1 aliphatic carbocycles. The molecule has 7 rings (SSSR count). The highest BCUT2D eigenvalue weighted by Gasteiger charge is 2.19. The molecule has 160 valence electrons. The fraction of sp³-hybridized carbons (Fsp3) is 0.0303.